The van der Waals surface area contributed by atoms with Crippen molar-refractivity contribution >= 4 is 35.1 Å². The molecule has 38 heavy (non-hydrogen) atoms. The predicted molar refractivity (Wildman–Crippen MR) is 146 cm³/mol. The number of allylic oxidation sites excluding steroid dienone is 1. The molecular weight excluding hydrogens is 529 g/mol. The Hall–Kier alpha value is -3.39. The van der Waals surface area contributed by atoms with E-state index < -0.39 is 0 Å². The van der Waals surface area contributed by atoms with Crippen LogP contribution in [0.5, 0.6) is 28.7 Å². The fraction of sp³-hybridized carbons (Fsp3) is 0.276. The van der Waals surface area contributed by atoms with Crippen LogP contribution in [-0.4, -0.2) is 45.3 Å². The monoisotopic (exact) mass is 555 g/mol. The number of rotatable bonds is 7. The van der Waals surface area contributed by atoms with Crippen LogP contribution in [0.3, 0.4) is 0 Å². The number of fused-ring (bicyclic) bond motifs is 3. The molecule has 0 unspecified atom stereocenters. The number of hydrogen-bond donors (Lipinski definition) is 0. The highest BCUT2D eigenvalue weighted by molar-refractivity contribution is 6.35. The zero-order chi connectivity index (χ0) is 27.0. The van der Waals surface area contributed by atoms with E-state index in [9.17, 15) is 4.79 Å². The second kappa shape index (κ2) is 10.8. The highest BCUT2D eigenvalue weighted by Gasteiger charge is 2.35. The van der Waals surface area contributed by atoms with E-state index in [0.717, 1.165) is 28.9 Å². The van der Waals surface area contributed by atoms with Gasteiger partial charge in [0.25, 0.3) is 0 Å². The standard InChI is InChI=1S/C29H27Cl2NO6/c1-16-11-23-20(14-32(15-37-23)10-9-17-5-7-19(30)13-21(17)31)28-25(16)26(33)24(38-28)12-18-6-8-22(34-2)29(36-4)27(18)35-3/h5-8,11-13H,9-10,14-15H2,1-4H3/b24-12+. The van der Waals surface area contributed by atoms with Gasteiger partial charge in [-0.1, -0.05) is 29.3 Å². The Labute approximate surface area is 231 Å². The van der Waals surface area contributed by atoms with Gasteiger partial charge in [0.05, 0.1) is 32.5 Å². The molecule has 2 aliphatic heterocycles. The molecule has 0 radical (unpaired) electrons. The molecule has 198 valence electrons. The zero-order valence-corrected chi connectivity index (χ0v) is 23.0. The second-order valence-corrected chi connectivity index (χ2v) is 9.89. The summed E-state index contributed by atoms with van der Waals surface area (Å²) in [6.45, 7) is 3.60. The fourth-order valence-corrected chi connectivity index (χ4v) is 5.30. The van der Waals surface area contributed by atoms with Crippen LogP contribution in [0.25, 0.3) is 6.08 Å². The van der Waals surface area contributed by atoms with Crippen molar-refractivity contribution in [2.75, 3.05) is 34.6 Å². The summed E-state index contributed by atoms with van der Waals surface area (Å²) in [5.74, 6) is 2.67. The summed E-state index contributed by atoms with van der Waals surface area (Å²) in [7, 11) is 4.62. The van der Waals surface area contributed by atoms with Crippen molar-refractivity contribution in [2.45, 2.75) is 19.9 Å². The molecule has 0 N–H and O–H groups in total. The zero-order valence-electron chi connectivity index (χ0n) is 21.5. The molecule has 0 aromatic heterocycles. The van der Waals surface area contributed by atoms with Crippen molar-refractivity contribution in [3.05, 3.63) is 80.0 Å². The van der Waals surface area contributed by atoms with Crippen molar-refractivity contribution in [1.82, 2.24) is 4.90 Å². The Morgan fingerprint density at radius 3 is 2.53 bits per heavy atom. The number of methoxy groups -OCH3 is 3. The van der Waals surface area contributed by atoms with E-state index >= 15 is 0 Å². The topological polar surface area (TPSA) is 66.5 Å². The van der Waals surface area contributed by atoms with E-state index in [1.165, 1.54) is 14.2 Å². The molecule has 0 aliphatic carbocycles. The average molecular weight is 556 g/mol. The quantitative estimate of drug-likeness (QED) is 0.315. The van der Waals surface area contributed by atoms with Crippen LogP contribution in [0, 0.1) is 6.92 Å². The lowest BCUT2D eigenvalue weighted by molar-refractivity contribution is 0.0949. The number of ketones is 1. The molecule has 2 aliphatic rings. The SMILES string of the molecule is COc1ccc(/C=C2/Oc3c4c(cc(C)c3C2=O)OCN(CCc2ccc(Cl)cc2Cl)C4)c(OC)c1OC. The number of carbonyl (C=O) groups is 1. The van der Waals surface area contributed by atoms with Gasteiger partial charge in [-0.15, -0.1) is 0 Å². The molecule has 9 heteroatoms. The maximum Gasteiger partial charge on any atom is 0.232 e. The first-order chi connectivity index (χ1) is 18.3. The van der Waals surface area contributed by atoms with Crippen molar-refractivity contribution in [3.8, 4) is 28.7 Å². The van der Waals surface area contributed by atoms with Gasteiger partial charge in [0, 0.05) is 28.7 Å². The minimum atomic E-state index is -0.192. The van der Waals surface area contributed by atoms with Crippen LogP contribution in [0.15, 0.2) is 42.2 Å². The fourth-order valence-electron chi connectivity index (χ4n) is 4.80. The first-order valence-corrected chi connectivity index (χ1v) is 12.8. The minimum absolute atomic E-state index is 0.192. The maximum atomic E-state index is 13.5. The molecule has 2 heterocycles. The molecule has 0 atom stereocenters. The van der Waals surface area contributed by atoms with E-state index in [4.69, 9.17) is 46.9 Å². The van der Waals surface area contributed by atoms with Crippen LogP contribution in [-0.2, 0) is 13.0 Å². The molecule has 0 saturated carbocycles. The van der Waals surface area contributed by atoms with Crippen LogP contribution >= 0.6 is 23.2 Å². The molecule has 3 aromatic rings. The van der Waals surface area contributed by atoms with Crippen LogP contribution in [0.2, 0.25) is 10.0 Å². The molecular formula is C29H27Cl2NO6. The second-order valence-electron chi connectivity index (χ2n) is 9.05. The third-order valence-corrected chi connectivity index (χ3v) is 7.31. The largest absolute Gasteiger partial charge is 0.493 e. The predicted octanol–water partition coefficient (Wildman–Crippen LogP) is 6.34. The molecule has 0 bridgehead atoms. The van der Waals surface area contributed by atoms with Crippen molar-refractivity contribution in [1.29, 1.82) is 0 Å². The van der Waals surface area contributed by atoms with Crippen LogP contribution in [0.4, 0.5) is 0 Å². The first-order valence-electron chi connectivity index (χ1n) is 12.0. The van der Waals surface area contributed by atoms with Gasteiger partial charge in [-0.05, 0) is 60.9 Å². The Bertz CT molecular complexity index is 1450. The van der Waals surface area contributed by atoms with Gasteiger partial charge in [-0.25, -0.2) is 0 Å². The summed E-state index contributed by atoms with van der Waals surface area (Å²) in [6.07, 6.45) is 2.39. The van der Waals surface area contributed by atoms with Gasteiger partial charge < -0.3 is 23.7 Å². The summed E-state index contributed by atoms with van der Waals surface area (Å²) in [4.78, 5) is 15.6. The Kier molecular flexibility index (Phi) is 7.43. The lowest BCUT2D eigenvalue weighted by Crippen LogP contribution is -2.34. The molecule has 0 saturated heterocycles. The summed E-state index contributed by atoms with van der Waals surface area (Å²) < 4.78 is 28.7. The molecule has 0 spiro atoms. The molecule has 0 fully saturated rings. The van der Waals surface area contributed by atoms with E-state index in [0.29, 0.717) is 64.0 Å². The Morgan fingerprint density at radius 1 is 1.03 bits per heavy atom. The van der Waals surface area contributed by atoms with E-state index in [1.54, 1.807) is 31.4 Å². The number of Topliss-reactive ketones (excluding diaryl/α,β-unsaturated/α-hetero) is 1. The number of aryl methyl sites for hydroxylation is 1. The summed E-state index contributed by atoms with van der Waals surface area (Å²) >= 11 is 12.4. The van der Waals surface area contributed by atoms with E-state index in [-0.39, 0.29) is 11.5 Å². The van der Waals surface area contributed by atoms with Gasteiger partial charge in [-0.3, -0.25) is 9.69 Å². The number of benzene rings is 3. The molecule has 7 nitrogen and oxygen atoms in total. The average Bonchev–Trinajstić information content (AvgIpc) is 3.24. The van der Waals surface area contributed by atoms with E-state index in [2.05, 4.69) is 4.90 Å². The number of hydrogen-bond acceptors (Lipinski definition) is 7. The first kappa shape index (κ1) is 26.2. The van der Waals surface area contributed by atoms with Gasteiger partial charge in [-0.2, -0.15) is 0 Å². The Balaban J connectivity index is 1.43. The van der Waals surface area contributed by atoms with Crippen molar-refractivity contribution in [3.63, 3.8) is 0 Å². The number of ether oxygens (including phenoxy) is 5. The van der Waals surface area contributed by atoms with Crippen LogP contribution < -0.4 is 23.7 Å². The van der Waals surface area contributed by atoms with Crippen molar-refractivity contribution < 1.29 is 28.5 Å². The lowest BCUT2D eigenvalue weighted by Gasteiger charge is -2.30. The number of carbonyl (C=O) groups excluding carboxylic acids is 1. The molecule has 0 amide bonds. The molecule has 3 aromatic carbocycles. The molecule has 5 rings (SSSR count). The van der Waals surface area contributed by atoms with Gasteiger partial charge in [0.1, 0.15) is 18.2 Å². The highest BCUT2D eigenvalue weighted by Crippen LogP contribution is 2.45. The normalized spacial score (nSPS) is 15.5. The summed E-state index contributed by atoms with van der Waals surface area (Å²) in [5, 5.41) is 1.25. The lowest BCUT2D eigenvalue weighted by atomic mass is 9.98. The van der Waals surface area contributed by atoms with Gasteiger partial charge in [0.15, 0.2) is 17.3 Å². The number of halogens is 2. The maximum absolute atomic E-state index is 13.5. The summed E-state index contributed by atoms with van der Waals surface area (Å²) in [6, 6.07) is 11.0. The highest BCUT2D eigenvalue weighted by atomic mass is 35.5. The third-order valence-electron chi connectivity index (χ3n) is 6.72. The van der Waals surface area contributed by atoms with Gasteiger partial charge >= 0.3 is 0 Å². The number of nitrogens with zero attached hydrogens (tertiary/aromatic N) is 1. The third kappa shape index (κ3) is 4.77. The van der Waals surface area contributed by atoms with E-state index in [1.807, 2.05) is 25.1 Å². The summed E-state index contributed by atoms with van der Waals surface area (Å²) in [5.41, 5.74) is 3.82. The minimum Gasteiger partial charge on any atom is -0.493 e. The Morgan fingerprint density at radius 2 is 1.82 bits per heavy atom. The van der Waals surface area contributed by atoms with Gasteiger partial charge in [0.2, 0.25) is 11.5 Å². The van der Waals surface area contributed by atoms with Crippen molar-refractivity contribution in [2.24, 2.45) is 0 Å². The van der Waals surface area contributed by atoms with Crippen LogP contribution in [0.1, 0.15) is 32.6 Å². The smallest absolute Gasteiger partial charge is 0.232 e.